The maximum absolute atomic E-state index is 11.6. The van der Waals surface area contributed by atoms with E-state index in [1.54, 1.807) is 6.07 Å². The summed E-state index contributed by atoms with van der Waals surface area (Å²) in [6, 6.07) is 13.1. The number of amides is 1. The van der Waals surface area contributed by atoms with Gasteiger partial charge in [-0.15, -0.1) is 0 Å². The van der Waals surface area contributed by atoms with E-state index in [0.717, 1.165) is 22.5 Å². The molecule has 4 aromatic rings. The van der Waals surface area contributed by atoms with Gasteiger partial charge in [0.25, 0.3) is 0 Å². The summed E-state index contributed by atoms with van der Waals surface area (Å²) in [4.78, 5) is 25.9. The first-order valence-electron chi connectivity index (χ1n) is 10.8. The SMILES string of the molecule is Cc1cccc(Oc2ccc(-c3c(C4(N)CCN(C(=O)O)C4)n(C)c4ncnc(N)c34)cc2)n1. The number of hydrogen-bond donors (Lipinski definition) is 3. The molecule has 10 heteroatoms. The Morgan fingerprint density at radius 1 is 1.18 bits per heavy atom. The lowest BCUT2D eigenvalue weighted by atomic mass is 9.89. The van der Waals surface area contributed by atoms with Crippen LogP contribution in [0.2, 0.25) is 0 Å². The Morgan fingerprint density at radius 2 is 1.94 bits per heavy atom. The number of nitrogens with two attached hydrogens (primary N) is 2. The number of benzene rings is 1. The molecule has 10 nitrogen and oxygen atoms in total. The molecule has 5 N–H and O–H groups in total. The number of fused-ring (bicyclic) bond motifs is 1. The van der Waals surface area contributed by atoms with Crippen molar-refractivity contribution < 1.29 is 14.6 Å². The molecule has 0 aliphatic carbocycles. The number of likely N-dealkylation sites (tertiary alicyclic amines) is 1. The molecule has 1 saturated heterocycles. The van der Waals surface area contributed by atoms with E-state index < -0.39 is 11.6 Å². The van der Waals surface area contributed by atoms with E-state index in [0.29, 0.717) is 41.4 Å². The molecule has 5 rings (SSSR count). The van der Waals surface area contributed by atoms with Crippen molar-refractivity contribution in [2.24, 2.45) is 12.8 Å². The third kappa shape index (κ3) is 3.57. The molecule has 1 unspecified atom stereocenters. The van der Waals surface area contributed by atoms with Crippen LogP contribution in [0.3, 0.4) is 0 Å². The van der Waals surface area contributed by atoms with E-state index >= 15 is 0 Å². The van der Waals surface area contributed by atoms with Gasteiger partial charge in [-0.25, -0.2) is 19.7 Å². The molecular formula is C24H25N7O3. The number of nitrogens with zero attached hydrogens (tertiary/aromatic N) is 5. The average Bonchev–Trinajstić information content (AvgIpc) is 3.35. The molecule has 1 aromatic carbocycles. The number of anilines is 1. The van der Waals surface area contributed by atoms with Gasteiger partial charge in [0.15, 0.2) is 0 Å². The van der Waals surface area contributed by atoms with Crippen LogP contribution in [0.15, 0.2) is 48.8 Å². The highest BCUT2D eigenvalue weighted by molar-refractivity contribution is 6.03. The lowest BCUT2D eigenvalue weighted by molar-refractivity contribution is 0.152. The normalized spacial score (nSPS) is 17.9. The Balaban J connectivity index is 1.62. The van der Waals surface area contributed by atoms with Gasteiger partial charge in [-0.05, 0) is 37.1 Å². The van der Waals surface area contributed by atoms with Crippen molar-refractivity contribution in [1.82, 2.24) is 24.4 Å². The predicted octanol–water partition coefficient (Wildman–Crippen LogP) is 3.25. The van der Waals surface area contributed by atoms with Gasteiger partial charge >= 0.3 is 6.09 Å². The Kier molecular flexibility index (Phi) is 5.09. The Bertz CT molecular complexity index is 1400. The average molecular weight is 460 g/mol. The van der Waals surface area contributed by atoms with Gasteiger partial charge in [-0.1, -0.05) is 18.2 Å². The Labute approximate surface area is 195 Å². The van der Waals surface area contributed by atoms with Crippen molar-refractivity contribution in [1.29, 1.82) is 0 Å². The summed E-state index contributed by atoms with van der Waals surface area (Å²) in [5.74, 6) is 1.48. The third-order valence-corrected chi connectivity index (χ3v) is 6.27. The third-order valence-electron chi connectivity index (χ3n) is 6.27. The Hall–Kier alpha value is -4.18. The summed E-state index contributed by atoms with van der Waals surface area (Å²) in [6.45, 7) is 2.43. The fourth-order valence-electron chi connectivity index (χ4n) is 4.71. The molecular weight excluding hydrogens is 434 g/mol. The first-order chi connectivity index (χ1) is 16.3. The molecule has 1 aliphatic rings. The zero-order chi connectivity index (χ0) is 24.0. The fourth-order valence-corrected chi connectivity index (χ4v) is 4.71. The second-order valence-corrected chi connectivity index (χ2v) is 8.59. The van der Waals surface area contributed by atoms with Crippen molar-refractivity contribution in [3.05, 3.63) is 60.2 Å². The molecule has 3 aromatic heterocycles. The van der Waals surface area contributed by atoms with E-state index in [-0.39, 0.29) is 6.54 Å². The number of ether oxygens (including phenoxy) is 1. The van der Waals surface area contributed by atoms with Gasteiger partial charge in [0.05, 0.1) is 10.9 Å². The van der Waals surface area contributed by atoms with Crippen LogP contribution < -0.4 is 16.2 Å². The molecule has 1 atom stereocenters. The molecule has 0 spiro atoms. The van der Waals surface area contributed by atoms with E-state index in [2.05, 4.69) is 15.0 Å². The summed E-state index contributed by atoms with van der Waals surface area (Å²) < 4.78 is 7.79. The van der Waals surface area contributed by atoms with Crippen LogP contribution in [0.25, 0.3) is 22.2 Å². The number of hydrogen-bond acceptors (Lipinski definition) is 7. The summed E-state index contributed by atoms with van der Waals surface area (Å²) in [5, 5.41) is 10.2. The first kappa shape index (κ1) is 21.7. The van der Waals surface area contributed by atoms with Gasteiger partial charge in [-0.3, -0.25) is 0 Å². The van der Waals surface area contributed by atoms with Gasteiger partial charge in [0, 0.05) is 43.2 Å². The van der Waals surface area contributed by atoms with Crippen LogP contribution in [0.4, 0.5) is 10.6 Å². The summed E-state index contributed by atoms with van der Waals surface area (Å²) in [7, 11) is 1.87. The first-order valence-corrected chi connectivity index (χ1v) is 10.8. The van der Waals surface area contributed by atoms with Gasteiger partial charge in [0.1, 0.15) is 23.5 Å². The van der Waals surface area contributed by atoms with Crippen molar-refractivity contribution in [3.63, 3.8) is 0 Å². The summed E-state index contributed by atoms with van der Waals surface area (Å²) in [6.07, 6.45) is 0.904. The molecule has 4 heterocycles. The zero-order valence-corrected chi connectivity index (χ0v) is 18.9. The van der Waals surface area contributed by atoms with Crippen molar-refractivity contribution in [2.45, 2.75) is 18.9 Å². The minimum Gasteiger partial charge on any atom is -0.465 e. The maximum atomic E-state index is 11.6. The number of carboxylic acid groups (broad SMARTS) is 1. The van der Waals surface area contributed by atoms with E-state index in [4.69, 9.17) is 16.2 Å². The minimum absolute atomic E-state index is 0.174. The number of nitrogen functional groups attached to an aromatic ring is 1. The smallest absolute Gasteiger partial charge is 0.407 e. The van der Waals surface area contributed by atoms with Crippen molar-refractivity contribution >= 4 is 22.9 Å². The van der Waals surface area contributed by atoms with Crippen LogP contribution >= 0.6 is 0 Å². The highest BCUT2D eigenvalue weighted by atomic mass is 16.5. The highest BCUT2D eigenvalue weighted by Crippen LogP contribution is 2.43. The zero-order valence-electron chi connectivity index (χ0n) is 18.9. The van der Waals surface area contributed by atoms with E-state index in [1.807, 2.05) is 54.9 Å². The number of pyridine rings is 1. The number of aromatic nitrogens is 4. The van der Waals surface area contributed by atoms with Crippen LogP contribution in [-0.2, 0) is 12.6 Å². The summed E-state index contributed by atoms with van der Waals surface area (Å²) >= 11 is 0. The molecule has 0 radical (unpaired) electrons. The lowest BCUT2D eigenvalue weighted by Gasteiger charge is -2.27. The minimum atomic E-state index is -0.988. The molecule has 0 bridgehead atoms. The molecule has 174 valence electrons. The Morgan fingerprint density at radius 3 is 2.62 bits per heavy atom. The van der Waals surface area contributed by atoms with Crippen LogP contribution in [-0.4, -0.2) is 48.7 Å². The molecule has 1 amide bonds. The van der Waals surface area contributed by atoms with Crippen molar-refractivity contribution in [3.8, 4) is 22.8 Å². The molecule has 1 aliphatic heterocycles. The molecule has 1 fully saturated rings. The number of carbonyl (C=O) groups is 1. The largest absolute Gasteiger partial charge is 0.465 e. The summed E-state index contributed by atoms with van der Waals surface area (Å²) in [5.41, 5.74) is 16.2. The quantitative estimate of drug-likeness (QED) is 0.422. The van der Waals surface area contributed by atoms with Gasteiger partial charge in [0.2, 0.25) is 5.88 Å². The van der Waals surface area contributed by atoms with Crippen LogP contribution in [0.1, 0.15) is 17.8 Å². The van der Waals surface area contributed by atoms with E-state index in [9.17, 15) is 9.90 Å². The number of aryl methyl sites for hydroxylation is 2. The molecule has 34 heavy (non-hydrogen) atoms. The highest BCUT2D eigenvalue weighted by Gasteiger charge is 2.43. The van der Waals surface area contributed by atoms with E-state index in [1.165, 1.54) is 11.2 Å². The van der Waals surface area contributed by atoms with Crippen molar-refractivity contribution in [2.75, 3.05) is 18.8 Å². The van der Waals surface area contributed by atoms with Crippen LogP contribution in [0, 0.1) is 6.92 Å². The topological polar surface area (TPSA) is 145 Å². The van der Waals surface area contributed by atoms with Gasteiger partial charge < -0.3 is 30.8 Å². The lowest BCUT2D eigenvalue weighted by Crippen LogP contribution is -2.42. The number of rotatable bonds is 4. The fraction of sp³-hybridized carbons (Fsp3) is 0.250. The molecule has 0 saturated carbocycles. The monoisotopic (exact) mass is 459 g/mol. The second-order valence-electron chi connectivity index (χ2n) is 8.59. The van der Waals surface area contributed by atoms with Gasteiger partial charge in [-0.2, -0.15) is 0 Å². The maximum Gasteiger partial charge on any atom is 0.407 e. The second kappa shape index (κ2) is 7.99. The standard InChI is InChI=1S/C24H25N7O3/c1-14-4-3-5-17(29-14)34-16-8-6-15(7-9-16)18-19-21(25)27-13-28-22(19)30(2)20(18)24(26)10-11-31(12-24)23(32)33/h3-9,13H,10-12,26H2,1-2H3,(H,32,33)(H2,25,27,28). The van der Waals surface area contributed by atoms with Crippen LogP contribution in [0.5, 0.6) is 11.6 Å². The predicted molar refractivity (Wildman–Crippen MR) is 127 cm³/mol.